The molecular weight excluding hydrogens is 456 g/mol. The summed E-state index contributed by atoms with van der Waals surface area (Å²) >= 11 is 0. The Morgan fingerprint density at radius 2 is 1.31 bits per heavy atom. The van der Waals surface area contributed by atoms with Crippen molar-refractivity contribution >= 4 is 0 Å². The van der Waals surface area contributed by atoms with Crippen molar-refractivity contribution in [2.75, 3.05) is 6.61 Å². The molecule has 10 atom stereocenters. The first-order valence-electron chi connectivity index (χ1n) is 14.9. The fourth-order valence-electron chi connectivity index (χ4n) is 8.08. The zero-order valence-electron chi connectivity index (χ0n) is 23.4. The first kappa shape index (κ1) is 24.8. The number of epoxide rings is 5. The van der Waals surface area contributed by atoms with E-state index in [1.54, 1.807) is 0 Å². The van der Waals surface area contributed by atoms with Crippen LogP contribution in [0.4, 0.5) is 0 Å². The molecule has 0 aromatic heterocycles. The van der Waals surface area contributed by atoms with Gasteiger partial charge < -0.3 is 28.4 Å². The van der Waals surface area contributed by atoms with E-state index in [-0.39, 0.29) is 33.6 Å². The van der Waals surface area contributed by atoms with Gasteiger partial charge in [-0.05, 0) is 105 Å². The van der Waals surface area contributed by atoms with Crippen molar-refractivity contribution in [2.45, 2.75) is 176 Å². The second kappa shape index (κ2) is 7.69. The quantitative estimate of drug-likeness (QED) is 0.328. The monoisotopic (exact) mass is 504 g/mol. The van der Waals surface area contributed by atoms with Crippen molar-refractivity contribution in [1.82, 2.24) is 0 Å². The van der Waals surface area contributed by atoms with Crippen LogP contribution in [0.5, 0.6) is 0 Å². The summed E-state index contributed by atoms with van der Waals surface area (Å²) in [6, 6.07) is 0. The molecule has 6 heteroatoms. The molecule has 0 aromatic rings. The second-order valence-corrected chi connectivity index (χ2v) is 15.0. The minimum Gasteiger partial charge on any atom is -0.372 e. The van der Waals surface area contributed by atoms with Crippen LogP contribution in [0.3, 0.4) is 0 Å². The van der Waals surface area contributed by atoms with E-state index in [0.29, 0.717) is 36.4 Å². The Labute approximate surface area is 217 Å². The van der Waals surface area contributed by atoms with Gasteiger partial charge in [0.15, 0.2) is 0 Å². The molecule has 10 unspecified atom stereocenters. The van der Waals surface area contributed by atoms with Crippen molar-refractivity contribution in [3.8, 4) is 0 Å². The van der Waals surface area contributed by atoms with E-state index in [1.165, 1.54) is 12.8 Å². The van der Waals surface area contributed by atoms with Gasteiger partial charge in [0, 0.05) is 12.8 Å². The predicted molar refractivity (Wildman–Crippen MR) is 135 cm³/mol. The summed E-state index contributed by atoms with van der Waals surface area (Å²) < 4.78 is 36.7. The second-order valence-electron chi connectivity index (χ2n) is 15.0. The molecule has 0 bridgehead atoms. The van der Waals surface area contributed by atoms with Crippen molar-refractivity contribution in [2.24, 2.45) is 5.92 Å². The molecule has 0 N–H and O–H groups in total. The molecular formula is C30H48O6. The fraction of sp³-hybridized carbons (Fsp3) is 1.00. The number of ether oxygens (including phenoxy) is 6. The summed E-state index contributed by atoms with van der Waals surface area (Å²) in [5.74, 6) is 0.624. The van der Waals surface area contributed by atoms with Gasteiger partial charge in [-0.25, -0.2) is 0 Å². The maximum absolute atomic E-state index is 6.45. The van der Waals surface area contributed by atoms with E-state index >= 15 is 0 Å². The Balaban J connectivity index is 0.826. The molecule has 0 aromatic carbocycles. The maximum Gasteiger partial charge on any atom is 0.0970 e. The molecule has 7 fully saturated rings. The molecule has 6 heterocycles. The third-order valence-electron chi connectivity index (χ3n) is 11.3. The smallest absolute Gasteiger partial charge is 0.0970 e. The van der Waals surface area contributed by atoms with Crippen molar-refractivity contribution in [3.63, 3.8) is 0 Å². The van der Waals surface area contributed by atoms with Gasteiger partial charge in [-0.2, -0.15) is 0 Å². The molecule has 0 spiro atoms. The lowest BCUT2D eigenvalue weighted by Gasteiger charge is -2.47. The van der Waals surface area contributed by atoms with Crippen molar-refractivity contribution < 1.29 is 28.4 Å². The summed E-state index contributed by atoms with van der Waals surface area (Å²) in [6.45, 7) is 14.2. The Morgan fingerprint density at radius 3 is 1.89 bits per heavy atom. The van der Waals surface area contributed by atoms with E-state index in [9.17, 15) is 0 Å². The molecule has 6 saturated heterocycles. The lowest BCUT2D eigenvalue weighted by molar-refractivity contribution is -0.208. The van der Waals surface area contributed by atoms with Crippen LogP contribution in [0.1, 0.15) is 112 Å². The molecule has 0 amide bonds. The number of hydrogen-bond acceptors (Lipinski definition) is 6. The highest BCUT2D eigenvalue weighted by molar-refractivity contribution is 5.14. The highest BCUT2D eigenvalue weighted by Gasteiger charge is 2.66. The van der Waals surface area contributed by atoms with Gasteiger partial charge in [0.05, 0.1) is 70.7 Å². The third kappa shape index (κ3) is 4.50. The van der Waals surface area contributed by atoms with E-state index in [0.717, 1.165) is 64.4 Å². The van der Waals surface area contributed by atoms with Gasteiger partial charge in [-0.1, -0.05) is 0 Å². The predicted octanol–water partition coefficient (Wildman–Crippen LogP) is 5.48. The standard InChI is InChI=1S/C30H48O6/c1-25(2)21(33-25)8-11-27(5)16-20(32-27)17-30(18-31-30)19-7-13-29(24(15-19)36-29)14-10-23-28(6,35-23)12-9-22-26(3,4)34-22/h19-24H,7-18H2,1-6H3. The summed E-state index contributed by atoms with van der Waals surface area (Å²) in [4.78, 5) is 0. The maximum atomic E-state index is 6.45. The molecule has 1 aliphatic carbocycles. The highest BCUT2D eigenvalue weighted by Crippen LogP contribution is 2.59. The number of fused-ring (bicyclic) bond motifs is 1. The van der Waals surface area contributed by atoms with Gasteiger partial charge >= 0.3 is 0 Å². The first-order chi connectivity index (χ1) is 16.8. The van der Waals surface area contributed by atoms with Gasteiger partial charge in [0.2, 0.25) is 0 Å². The molecule has 6 aliphatic heterocycles. The minimum absolute atomic E-state index is 0.0331. The van der Waals surface area contributed by atoms with Gasteiger partial charge in [-0.15, -0.1) is 0 Å². The topological polar surface area (TPSA) is 71.9 Å². The Bertz CT molecular complexity index is 890. The first-order valence-corrected chi connectivity index (χ1v) is 14.9. The summed E-state index contributed by atoms with van der Waals surface area (Å²) in [5.41, 5.74) is 0.453. The largest absolute Gasteiger partial charge is 0.372 e. The lowest BCUT2D eigenvalue weighted by atomic mass is 9.71. The van der Waals surface area contributed by atoms with Crippen LogP contribution in [0.15, 0.2) is 0 Å². The van der Waals surface area contributed by atoms with Gasteiger partial charge in [0.25, 0.3) is 0 Å². The van der Waals surface area contributed by atoms with Gasteiger partial charge in [-0.3, -0.25) is 0 Å². The highest BCUT2D eigenvalue weighted by atomic mass is 16.6. The molecule has 204 valence electrons. The Hall–Kier alpha value is -0.240. The van der Waals surface area contributed by atoms with Crippen LogP contribution in [-0.2, 0) is 28.4 Å². The van der Waals surface area contributed by atoms with Crippen LogP contribution < -0.4 is 0 Å². The molecule has 7 rings (SSSR count). The molecule has 6 nitrogen and oxygen atoms in total. The van der Waals surface area contributed by atoms with Crippen LogP contribution in [0.25, 0.3) is 0 Å². The SMILES string of the molecule is CC1(CCC2OC2(C)C)CC(CC2(C3CCC4(CCC5OC5(C)CCC5OC5(C)C)OC4C3)CO2)O1. The number of rotatable bonds is 12. The molecule has 7 aliphatic rings. The summed E-state index contributed by atoms with van der Waals surface area (Å²) in [5, 5.41) is 0. The molecule has 1 saturated carbocycles. The summed E-state index contributed by atoms with van der Waals surface area (Å²) in [6.07, 6.45) is 14.5. The zero-order valence-corrected chi connectivity index (χ0v) is 23.4. The van der Waals surface area contributed by atoms with E-state index < -0.39 is 0 Å². The Morgan fingerprint density at radius 1 is 0.694 bits per heavy atom. The summed E-state index contributed by atoms with van der Waals surface area (Å²) in [7, 11) is 0. The van der Waals surface area contributed by atoms with E-state index in [4.69, 9.17) is 28.4 Å². The third-order valence-corrected chi connectivity index (χ3v) is 11.3. The van der Waals surface area contributed by atoms with Crippen molar-refractivity contribution in [1.29, 1.82) is 0 Å². The van der Waals surface area contributed by atoms with Crippen molar-refractivity contribution in [3.05, 3.63) is 0 Å². The normalized spacial score (nSPS) is 54.8. The lowest BCUT2D eigenvalue weighted by Crippen LogP contribution is -2.51. The van der Waals surface area contributed by atoms with Crippen LogP contribution in [-0.4, -0.2) is 70.7 Å². The fourth-order valence-corrected chi connectivity index (χ4v) is 8.08. The number of hydrogen-bond donors (Lipinski definition) is 0. The van der Waals surface area contributed by atoms with Crippen LogP contribution >= 0.6 is 0 Å². The van der Waals surface area contributed by atoms with E-state index in [1.807, 2.05) is 0 Å². The zero-order chi connectivity index (χ0) is 25.2. The average Bonchev–Trinajstić information content (AvgIpc) is 3.58. The molecule has 0 radical (unpaired) electrons. The van der Waals surface area contributed by atoms with Gasteiger partial charge in [0.1, 0.15) is 0 Å². The van der Waals surface area contributed by atoms with Crippen LogP contribution in [0, 0.1) is 5.92 Å². The Kier molecular flexibility index (Phi) is 5.29. The average molecular weight is 505 g/mol. The van der Waals surface area contributed by atoms with Crippen LogP contribution in [0.2, 0.25) is 0 Å². The minimum atomic E-state index is 0.0331. The van der Waals surface area contributed by atoms with E-state index in [2.05, 4.69) is 41.5 Å². The molecule has 36 heavy (non-hydrogen) atoms.